The van der Waals surface area contributed by atoms with Crippen molar-refractivity contribution >= 4 is 83.6 Å². The molecule has 84 heavy (non-hydrogen) atoms. The van der Waals surface area contributed by atoms with Crippen molar-refractivity contribution in [2.24, 2.45) is 0 Å². The lowest BCUT2D eigenvalue weighted by atomic mass is 9.81. The van der Waals surface area contributed by atoms with Gasteiger partial charge in [-0.15, -0.1) is 11.3 Å². The minimum Gasteiger partial charge on any atom is -0.461 e. The summed E-state index contributed by atoms with van der Waals surface area (Å²) in [5.74, 6) is -3.15. The molecule has 2 amide bonds. The van der Waals surface area contributed by atoms with Crippen LogP contribution in [-0.4, -0.2) is 116 Å². The SMILES string of the molecule is C=C(C(=O)N1CCN(c2nc(OCC34CCCN3CC(F)C4)nc3c(F)c(-c4ccc(F)c5sc(N)c(C#N)c45)c(Cl)cc23)C(C)C1)C(C)OC(=O)NC1CCc2c(C)c(F)cc3nc4c(c1c23)Cn1c-4cc2c(c1=O)COC(=O)C2(O)CC. The summed E-state index contributed by atoms with van der Waals surface area (Å²) in [4.78, 5) is 75.3. The third-order valence-corrected chi connectivity index (χ3v) is 19.5. The third-order valence-electron chi connectivity index (χ3n) is 18.2. The summed E-state index contributed by atoms with van der Waals surface area (Å²) in [6.45, 7) is 11.8. The minimum absolute atomic E-state index is 0.0248. The summed E-state index contributed by atoms with van der Waals surface area (Å²) < 4.78 is 82.3. The molecule has 7 aromatic rings. The standard InChI is InChI=1S/C60H55ClF4N10O8S/c1-6-60(80)37-17-43-49-35(23-75(43)55(77)36(37)24-81-56(60)78)47-41(11-9-31-28(4)40(64)18-42(68-49)46(31)47)69-58(79)83-29(5)27(3)54(76)72-14-15-74(26(2)21-72)53-33-16-38(61)45(32-8-10-39(63)51-44(32)34(20-66)52(67)84-51)48(65)50(33)70-57(71-53)82-25-59-12-7-13-73(59)22-30(62)19-59/h8,10,16-18,26,29-30,41,80H,3,6-7,9,11-15,19,21-25,67H2,1-2,4-5H3,(H,69,79). The Balaban J connectivity index is 0.759. The van der Waals surface area contributed by atoms with Gasteiger partial charge in [-0.3, -0.25) is 14.5 Å². The molecule has 9 heterocycles. The summed E-state index contributed by atoms with van der Waals surface area (Å²) in [5, 5.41) is 25.4. The van der Waals surface area contributed by atoms with E-state index in [4.69, 9.17) is 41.5 Å². The molecule has 13 rings (SSSR count). The van der Waals surface area contributed by atoms with E-state index >= 15 is 13.2 Å². The first kappa shape index (κ1) is 55.3. The molecule has 6 aliphatic rings. The Labute approximate surface area is 486 Å². The molecule has 3 fully saturated rings. The number of aromatic nitrogens is 4. The monoisotopic (exact) mass is 1190 g/mol. The number of alkyl carbamates (subject to hydrolysis) is 1. The fourth-order valence-corrected chi connectivity index (χ4v) is 15.0. The number of nitrogens with one attached hydrogen (secondary N) is 1. The van der Waals surface area contributed by atoms with Crippen LogP contribution < -0.4 is 26.2 Å². The third kappa shape index (κ3) is 8.40. The highest BCUT2D eigenvalue weighted by Crippen LogP contribution is 2.49. The Bertz CT molecular complexity index is 4210. The Morgan fingerprint density at radius 2 is 1.88 bits per heavy atom. The number of ether oxygens (including phenoxy) is 3. The molecular formula is C60H55ClF4N10O8S. The van der Waals surface area contributed by atoms with Crippen LogP contribution in [0.1, 0.15) is 97.9 Å². The van der Waals surface area contributed by atoms with E-state index in [0.717, 1.165) is 23.8 Å². The van der Waals surface area contributed by atoms with Gasteiger partial charge in [-0.2, -0.15) is 15.2 Å². The van der Waals surface area contributed by atoms with Crippen LogP contribution in [0.4, 0.5) is 33.2 Å². The van der Waals surface area contributed by atoms with E-state index in [1.807, 2.05) is 17.9 Å². The maximum absolute atomic E-state index is 17.6. The molecular weight excluding hydrogens is 1130 g/mol. The molecule has 18 nitrogen and oxygen atoms in total. The number of nitrogens with zero attached hydrogens (tertiary/aromatic N) is 8. The van der Waals surface area contributed by atoms with Crippen molar-refractivity contribution < 1.29 is 51.3 Å². The number of piperazine rings is 1. The van der Waals surface area contributed by atoms with Crippen LogP contribution in [0.2, 0.25) is 5.02 Å². The predicted molar refractivity (Wildman–Crippen MR) is 305 cm³/mol. The average molecular weight is 1190 g/mol. The van der Waals surface area contributed by atoms with Gasteiger partial charge in [0.1, 0.15) is 59.5 Å². The van der Waals surface area contributed by atoms with Crippen molar-refractivity contribution in [3.05, 3.63) is 114 Å². The molecule has 3 aromatic carbocycles. The van der Waals surface area contributed by atoms with Crippen molar-refractivity contribution in [1.29, 1.82) is 5.26 Å². The smallest absolute Gasteiger partial charge is 0.408 e. The van der Waals surface area contributed by atoms with E-state index in [1.54, 1.807) is 24.8 Å². The number of benzene rings is 3. The maximum atomic E-state index is 17.6. The second kappa shape index (κ2) is 20.1. The van der Waals surface area contributed by atoms with Gasteiger partial charge in [0.05, 0.1) is 61.5 Å². The van der Waals surface area contributed by atoms with Gasteiger partial charge in [0.2, 0.25) is 0 Å². The van der Waals surface area contributed by atoms with E-state index < -0.39 is 76.5 Å². The maximum Gasteiger partial charge on any atom is 0.408 e. The number of nitrogens with two attached hydrogens (primary N) is 1. The molecule has 24 heteroatoms. The van der Waals surface area contributed by atoms with Gasteiger partial charge in [-0.1, -0.05) is 31.2 Å². The van der Waals surface area contributed by atoms with Crippen molar-refractivity contribution in [3.8, 4) is 34.6 Å². The van der Waals surface area contributed by atoms with Gasteiger partial charge in [-0.25, -0.2) is 32.1 Å². The van der Waals surface area contributed by atoms with Crippen LogP contribution in [0.3, 0.4) is 0 Å². The zero-order valence-electron chi connectivity index (χ0n) is 46.1. The van der Waals surface area contributed by atoms with E-state index in [-0.39, 0.29) is 135 Å². The summed E-state index contributed by atoms with van der Waals surface area (Å²) in [6, 6.07) is 7.48. The molecule has 0 saturated carbocycles. The molecule has 6 unspecified atom stereocenters. The van der Waals surface area contributed by atoms with E-state index in [2.05, 4.69) is 21.8 Å². The largest absolute Gasteiger partial charge is 0.461 e. The lowest BCUT2D eigenvalue weighted by Gasteiger charge is -2.41. The normalized spacial score (nSPS) is 22.8. The van der Waals surface area contributed by atoms with Gasteiger partial charge in [0.25, 0.3) is 11.5 Å². The van der Waals surface area contributed by atoms with E-state index in [1.165, 1.54) is 29.7 Å². The van der Waals surface area contributed by atoms with Gasteiger partial charge in [0, 0.05) is 77.6 Å². The number of hydrogen-bond acceptors (Lipinski definition) is 16. The molecule has 434 valence electrons. The summed E-state index contributed by atoms with van der Waals surface area (Å²) in [6.07, 6.45) is -0.642. The number of carbonyl (C=O) groups excluding carboxylic acids is 3. The lowest BCUT2D eigenvalue weighted by molar-refractivity contribution is -0.172. The van der Waals surface area contributed by atoms with Gasteiger partial charge in [0.15, 0.2) is 11.4 Å². The van der Waals surface area contributed by atoms with Crippen LogP contribution >= 0.6 is 22.9 Å². The van der Waals surface area contributed by atoms with Crippen LogP contribution in [-0.2, 0) is 44.2 Å². The second-order valence-corrected chi connectivity index (χ2v) is 24.3. The number of aliphatic hydroxyl groups is 1. The molecule has 4 N–H and O–H groups in total. The molecule has 1 aliphatic carbocycles. The van der Waals surface area contributed by atoms with Gasteiger partial charge in [-0.05, 0) is 99.9 Å². The highest BCUT2D eigenvalue weighted by atomic mass is 35.5. The van der Waals surface area contributed by atoms with Crippen LogP contribution in [0.25, 0.3) is 54.4 Å². The number of carbonyl (C=O) groups is 3. The van der Waals surface area contributed by atoms with Crippen LogP contribution in [0.15, 0.2) is 47.3 Å². The highest BCUT2D eigenvalue weighted by Gasteiger charge is 2.50. The molecule has 5 aliphatic heterocycles. The Morgan fingerprint density at radius 1 is 1.08 bits per heavy atom. The summed E-state index contributed by atoms with van der Waals surface area (Å²) >= 11 is 7.87. The zero-order chi connectivity index (χ0) is 59.2. The van der Waals surface area contributed by atoms with Crippen molar-refractivity contribution in [2.75, 3.05) is 50.0 Å². The summed E-state index contributed by atoms with van der Waals surface area (Å²) in [5.41, 5.74) is 6.26. The molecule has 6 atom stereocenters. The second-order valence-electron chi connectivity index (χ2n) is 22.8. The number of esters is 1. The number of hydrogen-bond donors (Lipinski definition) is 3. The fourth-order valence-electron chi connectivity index (χ4n) is 13.8. The molecule has 0 radical (unpaired) electrons. The van der Waals surface area contributed by atoms with Gasteiger partial charge >= 0.3 is 18.1 Å². The Hall–Kier alpha value is -7.91. The van der Waals surface area contributed by atoms with Crippen molar-refractivity contribution in [3.63, 3.8) is 0 Å². The Kier molecular flexibility index (Phi) is 13.3. The Morgan fingerprint density at radius 3 is 2.64 bits per heavy atom. The number of fused-ring (bicyclic) bond motifs is 8. The number of anilines is 2. The number of amides is 2. The number of aryl methyl sites for hydroxylation is 1. The fraction of sp³-hybridized carbons (Fsp3) is 0.400. The molecule has 3 saturated heterocycles. The molecule has 0 bridgehead atoms. The number of pyridine rings is 2. The average Bonchev–Trinajstić information content (AvgIpc) is 1.70. The number of thiophene rings is 1. The molecule has 4 aromatic heterocycles. The van der Waals surface area contributed by atoms with Crippen LogP contribution in [0, 0.1) is 35.7 Å². The first-order valence-corrected chi connectivity index (χ1v) is 29.0. The number of halogens is 5. The first-order chi connectivity index (χ1) is 40.1. The first-order valence-electron chi connectivity index (χ1n) is 27.8. The summed E-state index contributed by atoms with van der Waals surface area (Å²) in [7, 11) is 0. The van der Waals surface area contributed by atoms with Crippen molar-refractivity contribution in [2.45, 2.75) is 115 Å². The number of nitrogen functional groups attached to an aromatic ring is 1. The number of rotatable bonds is 10. The van der Waals surface area contributed by atoms with Crippen molar-refractivity contribution in [1.82, 2.24) is 34.6 Å². The highest BCUT2D eigenvalue weighted by molar-refractivity contribution is 7.23. The number of nitriles is 1. The topological polar surface area (TPSA) is 231 Å². The number of alkyl halides is 1. The zero-order valence-corrected chi connectivity index (χ0v) is 47.6. The quantitative estimate of drug-likeness (QED) is 0.0659. The predicted octanol–water partition coefficient (Wildman–Crippen LogP) is 9.09. The molecule has 0 spiro atoms. The van der Waals surface area contributed by atoms with Crippen LogP contribution in [0.5, 0.6) is 6.01 Å². The van der Waals surface area contributed by atoms with E-state index in [0.29, 0.717) is 70.4 Å². The van der Waals surface area contributed by atoms with Gasteiger partial charge < -0.3 is 44.7 Å². The lowest BCUT2D eigenvalue weighted by Crippen LogP contribution is -2.55. The minimum atomic E-state index is -2.07. The van der Waals surface area contributed by atoms with E-state index in [9.17, 15) is 33.9 Å². The number of cyclic esters (lactones) is 1.